The average Bonchev–Trinajstić information content (AvgIpc) is 2.31. The molecule has 3 nitrogen and oxygen atoms in total. The standard InChI is InChI=1S/C9H9F10N3/c10-5-6(22(8(14,15)16)9(17,18)19)20-1-3-21(4-2-20)7(11,12)13/h5H,1-4H2/b6-5+. The van der Waals surface area contributed by atoms with Gasteiger partial charge in [-0.2, -0.15) is 18.1 Å². The Morgan fingerprint density at radius 2 is 1.18 bits per heavy atom. The van der Waals surface area contributed by atoms with E-state index in [2.05, 4.69) is 0 Å². The van der Waals surface area contributed by atoms with Crippen molar-refractivity contribution in [3.05, 3.63) is 12.2 Å². The second kappa shape index (κ2) is 6.01. The molecule has 0 aromatic rings. The van der Waals surface area contributed by atoms with Crippen molar-refractivity contribution >= 4 is 0 Å². The van der Waals surface area contributed by atoms with E-state index >= 15 is 0 Å². The first kappa shape index (κ1) is 18.6. The van der Waals surface area contributed by atoms with Crippen LogP contribution in [0.25, 0.3) is 0 Å². The van der Waals surface area contributed by atoms with Crippen molar-refractivity contribution in [2.24, 2.45) is 0 Å². The Morgan fingerprint density at radius 1 is 0.773 bits per heavy atom. The maximum Gasteiger partial charge on any atom is 0.493 e. The maximum atomic E-state index is 12.6. The fourth-order valence-electron chi connectivity index (χ4n) is 1.85. The van der Waals surface area contributed by atoms with E-state index in [4.69, 9.17) is 0 Å². The molecule has 0 saturated carbocycles. The van der Waals surface area contributed by atoms with Crippen LogP contribution in [0.2, 0.25) is 0 Å². The number of hydrogen-bond donors (Lipinski definition) is 0. The van der Waals surface area contributed by atoms with E-state index < -0.39 is 62.1 Å². The largest absolute Gasteiger partial charge is 0.493 e. The molecule has 13 heteroatoms. The smallest absolute Gasteiger partial charge is 0.353 e. The van der Waals surface area contributed by atoms with Gasteiger partial charge in [-0.05, 0) is 0 Å². The van der Waals surface area contributed by atoms with Crippen molar-refractivity contribution in [1.29, 1.82) is 0 Å². The summed E-state index contributed by atoms with van der Waals surface area (Å²) >= 11 is 0. The van der Waals surface area contributed by atoms with Crippen molar-refractivity contribution in [3.8, 4) is 0 Å². The lowest BCUT2D eigenvalue weighted by molar-refractivity contribution is -0.366. The predicted molar refractivity (Wildman–Crippen MR) is 52.3 cm³/mol. The summed E-state index contributed by atoms with van der Waals surface area (Å²) in [4.78, 5) is -1.92. The first-order chi connectivity index (χ1) is 9.78. The Bertz CT molecular complexity index is 387. The van der Waals surface area contributed by atoms with Gasteiger partial charge in [-0.15, -0.1) is 26.3 Å². The molecule has 1 aliphatic heterocycles. The Hall–Kier alpha value is -1.40. The zero-order valence-electron chi connectivity index (χ0n) is 10.5. The van der Waals surface area contributed by atoms with Gasteiger partial charge in [0.2, 0.25) is 0 Å². The summed E-state index contributed by atoms with van der Waals surface area (Å²) in [5.74, 6) is -1.90. The lowest BCUT2D eigenvalue weighted by Gasteiger charge is -2.41. The molecule has 0 amide bonds. The number of hydrogen-bond acceptors (Lipinski definition) is 3. The molecule has 1 fully saturated rings. The van der Waals surface area contributed by atoms with Crippen molar-refractivity contribution in [3.63, 3.8) is 0 Å². The summed E-state index contributed by atoms with van der Waals surface area (Å²) < 4.78 is 124. The third kappa shape index (κ3) is 4.30. The molecule has 0 radical (unpaired) electrons. The van der Waals surface area contributed by atoms with E-state index in [-0.39, 0.29) is 9.80 Å². The van der Waals surface area contributed by atoms with Gasteiger partial charge in [0.15, 0.2) is 0 Å². The lowest BCUT2D eigenvalue weighted by atomic mass is 10.3. The van der Waals surface area contributed by atoms with Crippen LogP contribution in [-0.4, -0.2) is 59.8 Å². The molecule has 22 heavy (non-hydrogen) atoms. The topological polar surface area (TPSA) is 9.72 Å². The lowest BCUT2D eigenvalue weighted by Crippen LogP contribution is -2.57. The van der Waals surface area contributed by atoms with Crippen LogP contribution < -0.4 is 0 Å². The molecule has 0 spiro atoms. The molecule has 0 aromatic carbocycles. The highest BCUT2D eigenvalue weighted by atomic mass is 19.4. The Kier molecular flexibility index (Phi) is 5.09. The minimum Gasteiger partial charge on any atom is -0.353 e. The van der Waals surface area contributed by atoms with E-state index in [1.807, 2.05) is 0 Å². The fraction of sp³-hybridized carbons (Fsp3) is 0.778. The number of nitrogens with zero attached hydrogens (tertiary/aromatic N) is 3. The van der Waals surface area contributed by atoms with Gasteiger partial charge in [0.25, 0.3) is 0 Å². The van der Waals surface area contributed by atoms with Crippen LogP contribution in [0.15, 0.2) is 12.2 Å². The fourth-order valence-corrected chi connectivity index (χ4v) is 1.85. The van der Waals surface area contributed by atoms with Crippen LogP contribution in [-0.2, 0) is 0 Å². The summed E-state index contributed by atoms with van der Waals surface area (Å²) in [5.41, 5.74) is 0. The number of alkyl halides is 9. The maximum absolute atomic E-state index is 12.6. The Balaban J connectivity index is 2.94. The third-order valence-corrected chi connectivity index (χ3v) is 2.80. The molecule has 130 valence electrons. The van der Waals surface area contributed by atoms with E-state index in [0.717, 1.165) is 0 Å². The molecule has 0 aliphatic carbocycles. The summed E-state index contributed by atoms with van der Waals surface area (Å²) in [6.07, 6.45) is -17.6. The van der Waals surface area contributed by atoms with Gasteiger partial charge in [0, 0.05) is 26.2 Å². The van der Waals surface area contributed by atoms with Gasteiger partial charge in [0.1, 0.15) is 12.2 Å². The zero-order chi connectivity index (χ0) is 17.3. The first-order valence-electron chi connectivity index (χ1n) is 5.59. The highest BCUT2D eigenvalue weighted by Gasteiger charge is 2.56. The third-order valence-electron chi connectivity index (χ3n) is 2.80. The monoisotopic (exact) mass is 349 g/mol. The zero-order valence-corrected chi connectivity index (χ0v) is 10.5. The molecule has 1 saturated heterocycles. The van der Waals surface area contributed by atoms with Crippen LogP contribution in [0, 0.1) is 0 Å². The summed E-state index contributed by atoms with van der Waals surface area (Å²) in [6, 6.07) is 0. The second-order valence-electron chi connectivity index (χ2n) is 4.18. The molecule has 0 aromatic heterocycles. The molecule has 1 aliphatic rings. The van der Waals surface area contributed by atoms with Crippen molar-refractivity contribution in [2.45, 2.75) is 18.9 Å². The average molecular weight is 349 g/mol. The predicted octanol–water partition coefficient (Wildman–Crippen LogP) is 3.23. The molecular formula is C9H9F10N3. The summed E-state index contributed by atoms with van der Waals surface area (Å²) in [7, 11) is 0. The van der Waals surface area contributed by atoms with Crippen LogP contribution in [0.5, 0.6) is 0 Å². The van der Waals surface area contributed by atoms with Crippen LogP contribution in [0.1, 0.15) is 0 Å². The molecule has 0 unspecified atom stereocenters. The summed E-state index contributed by atoms with van der Waals surface area (Å²) in [6.45, 7) is -3.47. The number of halogens is 10. The highest BCUT2D eigenvalue weighted by Crippen LogP contribution is 2.38. The van der Waals surface area contributed by atoms with E-state index in [1.165, 1.54) is 0 Å². The van der Waals surface area contributed by atoms with Gasteiger partial charge in [-0.3, -0.25) is 0 Å². The Labute approximate surface area is 117 Å². The Morgan fingerprint density at radius 3 is 1.45 bits per heavy atom. The molecular weight excluding hydrogens is 340 g/mol. The van der Waals surface area contributed by atoms with E-state index in [9.17, 15) is 43.9 Å². The van der Waals surface area contributed by atoms with Crippen molar-refractivity contribution in [2.75, 3.05) is 26.2 Å². The molecule has 1 rings (SSSR count). The minimum atomic E-state index is -5.97. The SMILES string of the molecule is F/C=C(\N1CCN(C(F)(F)F)CC1)N(C(F)(F)F)C(F)(F)F. The number of rotatable bonds is 2. The highest BCUT2D eigenvalue weighted by molar-refractivity contribution is 5.01. The van der Waals surface area contributed by atoms with Crippen LogP contribution >= 0.6 is 0 Å². The second-order valence-corrected chi connectivity index (χ2v) is 4.18. The summed E-state index contributed by atoms with van der Waals surface area (Å²) in [5, 5.41) is 0. The van der Waals surface area contributed by atoms with Crippen molar-refractivity contribution in [1.82, 2.24) is 14.7 Å². The van der Waals surface area contributed by atoms with Gasteiger partial charge in [0.05, 0.1) is 0 Å². The molecule has 0 N–H and O–H groups in total. The van der Waals surface area contributed by atoms with Gasteiger partial charge >= 0.3 is 18.9 Å². The van der Waals surface area contributed by atoms with Gasteiger partial charge in [-0.25, -0.2) is 9.29 Å². The van der Waals surface area contributed by atoms with Crippen LogP contribution in [0.4, 0.5) is 43.9 Å². The first-order valence-corrected chi connectivity index (χ1v) is 5.59. The van der Waals surface area contributed by atoms with Crippen molar-refractivity contribution < 1.29 is 43.9 Å². The quantitative estimate of drug-likeness (QED) is 0.560. The van der Waals surface area contributed by atoms with Gasteiger partial charge in [-0.1, -0.05) is 0 Å². The van der Waals surface area contributed by atoms with Crippen LogP contribution in [0.3, 0.4) is 0 Å². The molecule has 0 atom stereocenters. The van der Waals surface area contributed by atoms with E-state index in [0.29, 0.717) is 0 Å². The van der Waals surface area contributed by atoms with Gasteiger partial charge < -0.3 is 4.90 Å². The van der Waals surface area contributed by atoms with E-state index in [1.54, 1.807) is 0 Å². The normalized spacial score (nSPS) is 19.5. The number of piperazine rings is 1. The molecule has 0 bridgehead atoms. The molecule has 1 heterocycles. The minimum absolute atomic E-state index is 0.0924.